The molecule has 1 heterocycles. The molecule has 1 aromatic rings. The number of aryl methyl sites for hydroxylation is 1. The van der Waals surface area contributed by atoms with E-state index in [0.29, 0.717) is 0 Å². The Kier molecular flexibility index (Phi) is 1.16. The van der Waals surface area contributed by atoms with Gasteiger partial charge in [-0.05, 0) is 18.1 Å². The van der Waals surface area contributed by atoms with E-state index in [0.717, 1.165) is 6.42 Å². The highest BCUT2D eigenvalue weighted by atomic mass is 16.3. The first-order valence-corrected chi connectivity index (χ1v) is 2.44. The lowest BCUT2D eigenvalue weighted by Gasteiger charge is -1.76. The van der Waals surface area contributed by atoms with Gasteiger partial charge in [0, 0.05) is 0 Å². The normalized spacial score (nSPS) is 9.29. The lowest BCUT2D eigenvalue weighted by atomic mass is 10.3. The van der Waals surface area contributed by atoms with Gasteiger partial charge in [-0.15, -0.1) is 0 Å². The number of furan rings is 1. The van der Waals surface area contributed by atoms with Crippen molar-refractivity contribution < 1.29 is 4.42 Å². The van der Waals surface area contributed by atoms with Gasteiger partial charge in [0.15, 0.2) is 0 Å². The monoisotopic (exact) mass is 96.1 g/mol. The molecular weight excluding hydrogens is 88.1 g/mol. The van der Waals surface area contributed by atoms with E-state index in [2.05, 4.69) is 6.92 Å². The second-order valence-electron chi connectivity index (χ2n) is 1.49. The maximum atomic E-state index is 4.81. The molecule has 0 fully saturated rings. The molecule has 0 saturated carbocycles. The van der Waals surface area contributed by atoms with Crippen molar-refractivity contribution >= 4 is 0 Å². The van der Waals surface area contributed by atoms with Crippen LogP contribution in [0.5, 0.6) is 0 Å². The van der Waals surface area contributed by atoms with Crippen LogP contribution in [-0.4, -0.2) is 0 Å². The van der Waals surface area contributed by atoms with Crippen molar-refractivity contribution in [1.82, 2.24) is 0 Å². The molecule has 38 valence electrons. The second kappa shape index (κ2) is 1.82. The van der Waals surface area contributed by atoms with Crippen LogP contribution in [0.3, 0.4) is 0 Å². The SMILES string of the molecule is CCc1ccoc1. The molecule has 0 saturated heterocycles. The van der Waals surface area contributed by atoms with Crippen LogP contribution in [0.2, 0.25) is 0 Å². The van der Waals surface area contributed by atoms with Crippen molar-refractivity contribution in [2.24, 2.45) is 0 Å². The molecule has 0 aliphatic rings. The minimum atomic E-state index is 1.07. The van der Waals surface area contributed by atoms with Crippen molar-refractivity contribution in [3.8, 4) is 0 Å². The van der Waals surface area contributed by atoms with Gasteiger partial charge in [0.2, 0.25) is 0 Å². The van der Waals surface area contributed by atoms with E-state index in [1.54, 1.807) is 12.5 Å². The summed E-state index contributed by atoms with van der Waals surface area (Å²) in [4.78, 5) is 0. The fourth-order valence-electron chi connectivity index (χ4n) is 0.494. The first kappa shape index (κ1) is 4.44. The van der Waals surface area contributed by atoms with Gasteiger partial charge in [-0.1, -0.05) is 6.92 Å². The molecule has 0 aromatic carbocycles. The molecule has 0 atom stereocenters. The van der Waals surface area contributed by atoms with E-state index >= 15 is 0 Å². The molecule has 0 aliphatic carbocycles. The van der Waals surface area contributed by atoms with Gasteiger partial charge in [-0.2, -0.15) is 0 Å². The van der Waals surface area contributed by atoms with Gasteiger partial charge < -0.3 is 4.42 Å². The highest BCUT2D eigenvalue weighted by Gasteiger charge is 1.83. The van der Waals surface area contributed by atoms with Crippen molar-refractivity contribution in [3.05, 3.63) is 24.2 Å². The Morgan fingerprint density at radius 2 is 2.57 bits per heavy atom. The van der Waals surface area contributed by atoms with E-state index in [1.165, 1.54) is 5.56 Å². The minimum absolute atomic E-state index is 1.07. The van der Waals surface area contributed by atoms with Gasteiger partial charge in [0.1, 0.15) is 0 Å². The summed E-state index contributed by atoms with van der Waals surface area (Å²) in [7, 11) is 0. The third kappa shape index (κ3) is 0.829. The standard InChI is InChI=1S/C6H8O/c1-2-6-3-4-7-5-6/h3-5H,2H2,1H3. The molecule has 0 unspecified atom stereocenters. The van der Waals surface area contributed by atoms with E-state index < -0.39 is 0 Å². The summed E-state index contributed by atoms with van der Waals surface area (Å²) in [5, 5.41) is 0. The highest BCUT2D eigenvalue weighted by Crippen LogP contribution is 1.98. The Hall–Kier alpha value is -0.720. The Bertz CT molecular complexity index is 119. The van der Waals surface area contributed by atoms with Crippen LogP contribution in [0.15, 0.2) is 23.0 Å². The van der Waals surface area contributed by atoms with Crippen LogP contribution < -0.4 is 0 Å². The molecule has 0 bridgehead atoms. The van der Waals surface area contributed by atoms with Gasteiger partial charge in [0.05, 0.1) is 12.5 Å². The van der Waals surface area contributed by atoms with E-state index in [4.69, 9.17) is 4.42 Å². The summed E-state index contributed by atoms with van der Waals surface area (Å²) >= 11 is 0. The topological polar surface area (TPSA) is 13.1 Å². The maximum absolute atomic E-state index is 4.81. The van der Waals surface area contributed by atoms with E-state index in [1.807, 2.05) is 6.07 Å². The van der Waals surface area contributed by atoms with Gasteiger partial charge >= 0.3 is 0 Å². The third-order valence-electron chi connectivity index (χ3n) is 0.988. The van der Waals surface area contributed by atoms with Crippen LogP contribution in [0.1, 0.15) is 12.5 Å². The van der Waals surface area contributed by atoms with Gasteiger partial charge in [-0.3, -0.25) is 0 Å². The van der Waals surface area contributed by atoms with Crippen LogP contribution in [0, 0.1) is 0 Å². The first-order chi connectivity index (χ1) is 3.43. The Balaban J connectivity index is 2.76. The second-order valence-corrected chi connectivity index (χ2v) is 1.49. The van der Waals surface area contributed by atoms with Crippen LogP contribution in [-0.2, 0) is 6.42 Å². The molecule has 0 aliphatic heterocycles. The maximum Gasteiger partial charge on any atom is 0.0934 e. The predicted octanol–water partition coefficient (Wildman–Crippen LogP) is 1.84. The average molecular weight is 96.1 g/mol. The van der Waals surface area contributed by atoms with Crippen molar-refractivity contribution in [2.45, 2.75) is 13.3 Å². The largest absolute Gasteiger partial charge is 0.472 e. The van der Waals surface area contributed by atoms with E-state index in [-0.39, 0.29) is 0 Å². The summed E-state index contributed by atoms with van der Waals surface area (Å²) in [6.45, 7) is 2.10. The first-order valence-electron chi connectivity index (χ1n) is 2.44. The van der Waals surface area contributed by atoms with Crippen molar-refractivity contribution in [3.63, 3.8) is 0 Å². The zero-order valence-electron chi connectivity index (χ0n) is 4.35. The summed E-state index contributed by atoms with van der Waals surface area (Å²) in [6.07, 6.45) is 4.52. The summed E-state index contributed by atoms with van der Waals surface area (Å²) in [5.74, 6) is 0. The van der Waals surface area contributed by atoms with Gasteiger partial charge in [-0.25, -0.2) is 0 Å². The Morgan fingerprint density at radius 1 is 1.71 bits per heavy atom. The fourth-order valence-corrected chi connectivity index (χ4v) is 0.494. The molecule has 1 aromatic heterocycles. The Morgan fingerprint density at radius 3 is 2.86 bits per heavy atom. The lowest BCUT2D eigenvalue weighted by molar-refractivity contribution is 0.564. The Labute approximate surface area is 43.0 Å². The zero-order chi connectivity index (χ0) is 5.11. The van der Waals surface area contributed by atoms with Crippen LogP contribution in [0.25, 0.3) is 0 Å². The molecule has 1 nitrogen and oxygen atoms in total. The van der Waals surface area contributed by atoms with Crippen molar-refractivity contribution in [2.75, 3.05) is 0 Å². The number of rotatable bonds is 1. The quantitative estimate of drug-likeness (QED) is 0.520. The lowest BCUT2D eigenvalue weighted by Crippen LogP contribution is -1.66. The van der Waals surface area contributed by atoms with Gasteiger partial charge in [0.25, 0.3) is 0 Å². The molecule has 0 spiro atoms. The summed E-state index contributed by atoms with van der Waals surface area (Å²) < 4.78 is 4.81. The smallest absolute Gasteiger partial charge is 0.0934 e. The summed E-state index contributed by atoms with van der Waals surface area (Å²) in [6, 6.07) is 1.97. The molecule has 1 heteroatoms. The molecule has 7 heavy (non-hydrogen) atoms. The highest BCUT2D eigenvalue weighted by molar-refractivity contribution is 5.03. The minimum Gasteiger partial charge on any atom is -0.472 e. The molecular formula is C6H8O. The zero-order valence-corrected chi connectivity index (χ0v) is 4.35. The number of hydrogen-bond donors (Lipinski definition) is 0. The molecule has 0 N–H and O–H groups in total. The fraction of sp³-hybridized carbons (Fsp3) is 0.333. The number of hydrogen-bond acceptors (Lipinski definition) is 1. The third-order valence-corrected chi connectivity index (χ3v) is 0.988. The summed E-state index contributed by atoms with van der Waals surface area (Å²) in [5.41, 5.74) is 1.26. The predicted molar refractivity (Wildman–Crippen MR) is 28.1 cm³/mol. The van der Waals surface area contributed by atoms with Crippen LogP contribution in [0.4, 0.5) is 0 Å². The average Bonchev–Trinajstić information content (AvgIpc) is 2.14. The van der Waals surface area contributed by atoms with Crippen LogP contribution >= 0.6 is 0 Å². The van der Waals surface area contributed by atoms with E-state index in [9.17, 15) is 0 Å². The molecule has 0 amide bonds. The van der Waals surface area contributed by atoms with Crippen molar-refractivity contribution in [1.29, 1.82) is 0 Å². The molecule has 1 rings (SSSR count). The molecule has 0 radical (unpaired) electrons.